The molecule has 1 saturated heterocycles. The highest BCUT2D eigenvalue weighted by Gasteiger charge is 2.31. The second kappa shape index (κ2) is 4.41. The number of carbonyl (C=O) groups is 2. The molecule has 0 saturated carbocycles. The van der Waals surface area contributed by atoms with Gasteiger partial charge in [-0.3, -0.25) is 24.3 Å². The van der Waals surface area contributed by atoms with Crippen LogP contribution in [-0.2, 0) is 9.59 Å². The number of rotatable bonds is 1. The molecule has 20 heavy (non-hydrogen) atoms. The maximum absolute atomic E-state index is 12.1. The minimum atomic E-state index is -0.917. The van der Waals surface area contributed by atoms with Gasteiger partial charge in [-0.25, -0.2) is 9.97 Å². The Morgan fingerprint density at radius 1 is 1.35 bits per heavy atom. The molecule has 8 heteroatoms. The number of nitrogens with zero attached hydrogens (tertiary/aromatic N) is 3. The van der Waals surface area contributed by atoms with Gasteiger partial charge in [-0.1, -0.05) is 0 Å². The number of pyridine rings is 1. The lowest BCUT2D eigenvalue weighted by Crippen LogP contribution is -2.44. The Morgan fingerprint density at radius 2 is 2.15 bits per heavy atom. The number of hydrogen-bond donors (Lipinski definition) is 2. The molecule has 2 aromatic rings. The molecule has 1 aliphatic rings. The fourth-order valence-corrected chi connectivity index (χ4v) is 2.28. The fraction of sp³-hybridized carbons (Fsp3) is 0.250. The van der Waals surface area contributed by atoms with Gasteiger partial charge in [-0.15, -0.1) is 0 Å². The average molecular weight is 274 g/mol. The molecule has 0 bridgehead atoms. The number of hydrogen-bond acceptors (Lipinski definition) is 6. The lowest BCUT2D eigenvalue weighted by Gasteiger charge is -2.23. The molecule has 0 aliphatic carbocycles. The van der Waals surface area contributed by atoms with E-state index in [4.69, 9.17) is 0 Å². The molecule has 0 radical (unpaired) electrons. The second-order valence-corrected chi connectivity index (χ2v) is 4.47. The quantitative estimate of drug-likeness (QED) is 0.676. The smallest absolute Gasteiger partial charge is 0.254 e. The van der Waals surface area contributed by atoms with Crippen LogP contribution in [0.25, 0.3) is 10.9 Å². The van der Waals surface area contributed by atoms with Gasteiger partial charge in [0.05, 0.1) is 0 Å². The van der Waals surface area contributed by atoms with E-state index in [1.807, 2.05) is 0 Å². The van der Waals surface area contributed by atoms with Gasteiger partial charge in [-0.2, -0.15) is 0 Å². The summed E-state index contributed by atoms with van der Waals surface area (Å²) in [6, 6.07) is 0.332. The first-order valence-electron chi connectivity index (χ1n) is 5.96. The molecule has 102 valence electrons. The van der Waals surface area contributed by atoms with E-state index in [0.29, 0.717) is 5.39 Å². The van der Waals surface area contributed by atoms with Crippen molar-refractivity contribution in [2.75, 3.05) is 0 Å². The lowest BCUT2D eigenvalue weighted by molar-refractivity contribution is -0.135. The normalized spacial score (nSPS) is 19.1. The van der Waals surface area contributed by atoms with Gasteiger partial charge in [0, 0.05) is 24.1 Å². The van der Waals surface area contributed by atoms with E-state index in [1.165, 1.54) is 18.6 Å². The first kappa shape index (κ1) is 12.3. The fourth-order valence-electron chi connectivity index (χ4n) is 2.28. The topological polar surface area (TPSA) is 114 Å². The Labute approximate surface area is 112 Å². The summed E-state index contributed by atoms with van der Waals surface area (Å²) in [6.45, 7) is 0. The van der Waals surface area contributed by atoms with Crippen LogP contribution in [0.5, 0.6) is 5.88 Å². The van der Waals surface area contributed by atoms with Gasteiger partial charge >= 0.3 is 0 Å². The van der Waals surface area contributed by atoms with E-state index in [2.05, 4.69) is 15.3 Å². The molecule has 2 amide bonds. The van der Waals surface area contributed by atoms with Crippen LogP contribution in [0.1, 0.15) is 18.9 Å². The number of amides is 2. The third-order valence-corrected chi connectivity index (χ3v) is 3.22. The van der Waals surface area contributed by atoms with E-state index < -0.39 is 23.4 Å². The van der Waals surface area contributed by atoms with Crippen molar-refractivity contribution in [1.82, 2.24) is 19.9 Å². The largest absolute Gasteiger partial charge is 0.493 e. The molecule has 0 aromatic carbocycles. The number of imide groups is 1. The predicted molar refractivity (Wildman–Crippen MR) is 66.9 cm³/mol. The number of nitrogens with one attached hydrogen (secondary N) is 1. The van der Waals surface area contributed by atoms with Crippen molar-refractivity contribution in [3.8, 4) is 5.88 Å². The number of aromatic nitrogens is 3. The molecule has 3 heterocycles. The molecule has 8 nitrogen and oxygen atoms in total. The third-order valence-electron chi connectivity index (χ3n) is 3.22. The van der Waals surface area contributed by atoms with Crippen LogP contribution in [0, 0.1) is 0 Å². The summed E-state index contributed by atoms with van der Waals surface area (Å²) < 4.78 is 0.955. The summed E-state index contributed by atoms with van der Waals surface area (Å²) in [5.41, 5.74) is -0.358. The summed E-state index contributed by atoms with van der Waals surface area (Å²) >= 11 is 0. The maximum Gasteiger partial charge on any atom is 0.254 e. The van der Waals surface area contributed by atoms with Gasteiger partial charge in [0.1, 0.15) is 17.9 Å². The van der Waals surface area contributed by atoms with Crippen molar-refractivity contribution in [2.45, 2.75) is 18.9 Å². The minimum absolute atomic E-state index is 0.115. The van der Waals surface area contributed by atoms with Crippen LogP contribution in [0.15, 0.2) is 23.4 Å². The molecule has 1 fully saturated rings. The van der Waals surface area contributed by atoms with E-state index >= 15 is 0 Å². The predicted octanol–water partition coefficient (Wildman–Crippen LogP) is -0.525. The SMILES string of the molecule is O=C1CCC(n2c(O)c3ncncc3cc2=O)C(=O)N1. The molecule has 1 aliphatic heterocycles. The number of piperidine rings is 1. The molecule has 3 rings (SSSR count). The highest BCUT2D eigenvalue weighted by molar-refractivity contribution is 5.99. The third kappa shape index (κ3) is 1.81. The van der Waals surface area contributed by atoms with E-state index in [0.717, 1.165) is 4.57 Å². The summed E-state index contributed by atoms with van der Waals surface area (Å²) in [6.07, 6.45) is 2.92. The molecular formula is C12H10N4O4. The van der Waals surface area contributed by atoms with Crippen molar-refractivity contribution >= 4 is 22.7 Å². The highest BCUT2D eigenvalue weighted by Crippen LogP contribution is 2.26. The Morgan fingerprint density at radius 3 is 2.90 bits per heavy atom. The van der Waals surface area contributed by atoms with E-state index in [-0.39, 0.29) is 24.3 Å². The summed E-state index contributed by atoms with van der Waals surface area (Å²) in [5, 5.41) is 12.7. The number of carbonyl (C=O) groups excluding carboxylic acids is 2. The second-order valence-electron chi connectivity index (χ2n) is 4.47. The highest BCUT2D eigenvalue weighted by atomic mass is 16.3. The molecule has 2 aromatic heterocycles. The van der Waals surface area contributed by atoms with Gasteiger partial charge in [0.25, 0.3) is 5.56 Å². The molecule has 2 N–H and O–H groups in total. The zero-order valence-corrected chi connectivity index (χ0v) is 10.2. The van der Waals surface area contributed by atoms with Gasteiger partial charge < -0.3 is 5.11 Å². The zero-order valence-electron chi connectivity index (χ0n) is 10.2. The maximum atomic E-state index is 12.1. The molecule has 1 unspecified atom stereocenters. The van der Waals surface area contributed by atoms with Crippen LogP contribution in [0.2, 0.25) is 0 Å². The van der Waals surface area contributed by atoms with Crippen molar-refractivity contribution in [1.29, 1.82) is 0 Å². The van der Waals surface area contributed by atoms with Crippen molar-refractivity contribution < 1.29 is 14.7 Å². The van der Waals surface area contributed by atoms with Gasteiger partial charge in [0.15, 0.2) is 0 Å². The minimum Gasteiger partial charge on any atom is -0.493 e. The Kier molecular flexibility index (Phi) is 2.70. The molecular weight excluding hydrogens is 264 g/mol. The standard InChI is InChI=1S/C12H10N4O4/c17-8-2-1-7(11(19)15-8)16-9(18)3-6-4-13-5-14-10(6)12(16)20/h3-5,7,20H,1-2H2,(H,15,17,19). The van der Waals surface area contributed by atoms with E-state index in [1.54, 1.807) is 0 Å². The number of fused-ring (bicyclic) bond motifs is 1. The Bertz CT molecular complexity index is 783. The van der Waals surface area contributed by atoms with E-state index in [9.17, 15) is 19.5 Å². The Hall–Kier alpha value is -2.77. The average Bonchev–Trinajstić information content (AvgIpc) is 2.41. The summed E-state index contributed by atoms with van der Waals surface area (Å²) in [5.74, 6) is -1.39. The van der Waals surface area contributed by atoms with Crippen LogP contribution in [-0.4, -0.2) is 31.5 Å². The van der Waals surface area contributed by atoms with Crippen molar-refractivity contribution in [2.24, 2.45) is 0 Å². The van der Waals surface area contributed by atoms with Crippen LogP contribution < -0.4 is 10.9 Å². The summed E-state index contributed by atoms with van der Waals surface area (Å²) in [7, 11) is 0. The zero-order chi connectivity index (χ0) is 14.3. The molecule has 1 atom stereocenters. The molecule has 0 spiro atoms. The van der Waals surface area contributed by atoms with Gasteiger partial charge in [-0.05, 0) is 6.42 Å². The number of aromatic hydroxyl groups is 1. The van der Waals surface area contributed by atoms with Crippen LogP contribution in [0.3, 0.4) is 0 Å². The van der Waals surface area contributed by atoms with Crippen LogP contribution in [0.4, 0.5) is 0 Å². The monoisotopic (exact) mass is 274 g/mol. The van der Waals surface area contributed by atoms with Crippen molar-refractivity contribution in [3.05, 3.63) is 28.9 Å². The lowest BCUT2D eigenvalue weighted by atomic mass is 10.1. The summed E-state index contributed by atoms with van der Waals surface area (Å²) in [4.78, 5) is 42.7. The first-order chi connectivity index (χ1) is 9.58. The van der Waals surface area contributed by atoms with Crippen molar-refractivity contribution in [3.63, 3.8) is 0 Å². The first-order valence-corrected chi connectivity index (χ1v) is 5.96. The van der Waals surface area contributed by atoms with Crippen LogP contribution >= 0.6 is 0 Å². The van der Waals surface area contributed by atoms with Gasteiger partial charge in [0.2, 0.25) is 17.7 Å². The Balaban J connectivity index is 2.19.